The van der Waals surface area contributed by atoms with E-state index in [1.54, 1.807) is 11.3 Å². The van der Waals surface area contributed by atoms with E-state index in [-0.39, 0.29) is 0 Å². The average molecular weight is 310 g/mol. The lowest BCUT2D eigenvalue weighted by Crippen LogP contribution is -2.14. The molecule has 1 aromatic carbocycles. The molecule has 3 nitrogen and oxygen atoms in total. The second kappa shape index (κ2) is 5.72. The van der Waals surface area contributed by atoms with E-state index in [9.17, 15) is 5.11 Å². The Labute approximate surface area is 127 Å². The highest BCUT2D eigenvalue weighted by atomic mass is 35.5. The molecular weight excluding hydrogens is 294 g/mol. The molecule has 1 N–H and O–H groups in total. The number of hydrogen-bond donors (Lipinski definition) is 1. The van der Waals surface area contributed by atoms with Crippen molar-refractivity contribution in [3.63, 3.8) is 0 Å². The molecule has 0 radical (unpaired) electrons. The molecule has 1 aliphatic heterocycles. The van der Waals surface area contributed by atoms with Gasteiger partial charge in [-0.3, -0.25) is 0 Å². The highest BCUT2D eigenvalue weighted by Gasteiger charge is 2.20. The summed E-state index contributed by atoms with van der Waals surface area (Å²) in [5, 5.41) is 14.0. The third-order valence-corrected chi connectivity index (χ3v) is 4.43. The van der Waals surface area contributed by atoms with E-state index in [1.807, 2.05) is 24.4 Å². The number of halogens is 1. The predicted molar refractivity (Wildman–Crippen MR) is 80.9 cm³/mol. The molecule has 0 fully saturated rings. The summed E-state index contributed by atoms with van der Waals surface area (Å²) in [5.41, 5.74) is 3.08. The van der Waals surface area contributed by atoms with Gasteiger partial charge in [-0.15, -0.1) is 11.3 Å². The highest BCUT2D eigenvalue weighted by molar-refractivity contribution is 7.09. The zero-order chi connectivity index (χ0) is 14.1. The first-order valence-electron chi connectivity index (χ1n) is 6.65. The van der Waals surface area contributed by atoms with Crippen molar-refractivity contribution in [2.75, 3.05) is 6.61 Å². The first-order chi connectivity index (χ1) is 9.61. The van der Waals surface area contributed by atoms with Gasteiger partial charge in [0.1, 0.15) is 5.75 Å². The van der Waals surface area contributed by atoms with Crippen LogP contribution in [0.25, 0.3) is 0 Å². The van der Waals surface area contributed by atoms with E-state index in [0.717, 1.165) is 34.0 Å². The number of aromatic nitrogens is 1. The molecule has 0 bridgehead atoms. The van der Waals surface area contributed by atoms with E-state index < -0.39 is 6.10 Å². The Balaban J connectivity index is 1.74. The molecule has 3 rings (SSSR count). The number of ether oxygens (including phenoxy) is 1. The molecular formula is C15H16ClNO2S. The minimum Gasteiger partial charge on any atom is -0.493 e. The van der Waals surface area contributed by atoms with Crippen molar-refractivity contribution in [3.05, 3.63) is 44.4 Å². The molecule has 1 unspecified atom stereocenters. The first kappa shape index (κ1) is 13.9. The van der Waals surface area contributed by atoms with E-state index in [1.165, 1.54) is 0 Å². The summed E-state index contributed by atoms with van der Waals surface area (Å²) in [7, 11) is 0. The Morgan fingerprint density at radius 3 is 3.05 bits per heavy atom. The number of hydrogen-bond acceptors (Lipinski definition) is 4. The quantitative estimate of drug-likeness (QED) is 0.943. The minimum atomic E-state index is -0.469. The molecule has 0 saturated heterocycles. The van der Waals surface area contributed by atoms with Crippen LogP contribution in [0.1, 0.15) is 21.8 Å². The Morgan fingerprint density at radius 1 is 1.45 bits per heavy atom. The number of aliphatic hydroxyl groups excluding tert-OH is 1. The van der Waals surface area contributed by atoms with Gasteiger partial charge in [0.15, 0.2) is 0 Å². The average Bonchev–Trinajstić information content (AvgIpc) is 2.98. The lowest BCUT2D eigenvalue weighted by molar-refractivity contribution is 0.173. The Bertz CT molecular complexity index is 626. The van der Waals surface area contributed by atoms with Crippen LogP contribution in [0.2, 0.25) is 5.02 Å². The van der Waals surface area contributed by atoms with Gasteiger partial charge in [-0.25, -0.2) is 4.98 Å². The van der Waals surface area contributed by atoms with Gasteiger partial charge in [0.05, 0.1) is 23.4 Å². The summed E-state index contributed by atoms with van der Waals surface area (Å²) in [4.78, 5) is 4.38. The molecule has 0 saturated carbocycles. The number of aliphatic hydroxyl groups is 1. The van der Waals surface area contributed by atoms with Crippen molar-refractivity contribution in [1.82, 2.24) is 4.98 Å². The number of benzene rings is 1. The fourth-order valence-electron chi connectivity index (χ4n) is 2.57. The summed E-state index contributed by atoms with van der Waals surface area (Å²) in [5.74, 6) is 0.905. The van der Waals surface area contributed by atoms with E-state index >= 15 is 0 Å². The van der Waals surface area contributed by atoms with Gasteiger partial charge in [-0.05, 0) is 30.2 Å². The van der Waals surface area contributed by atoms with E-state index in [4.69, 9.17) is 16.3 Å². The molecule has 1 aromatic heterocycles. The van der Waals surface area contributed by atoms with Crippen molar-refractivity contribution in [2.45, 2.75) is 32.3 Å². The maximum atomic E-state index is 10.3. The third-order valence-electron chi connectivity index (χ3n) is 3.39. The molecule has 20 heavy (non-hydrogen) atoms. The molecule has 0 amide bonds. The third kappa shape index (κ3) is 2.97. The van der Waals surface area contributed by atoms with Crippen LogP contribution in [-0.4, -0.2) is 22.8 Å². The number of aryl methyl sites for hydroxylation is 1. The molecule has 0 aliphatic carbocycles. The Morgan fingerprint density at radius 2 is 2.30 bits per heavy atom. The smallest absolute Gasteiger partial charge is 0.126 e. The van der Waals surface area contributed by atoms with Gasteiger partial charge < -0.3 is 9.84 Å². The predicted octanol–water partition coefficient (Wildman–Crippen LogP) is 3.19. The van der Waals surface area contributed by atoms with Crippen LogP contribution >= 0.6 is 22.9 Å². The van der Waals surface area contributed by atoms with Gasteiger partial charge in [0, 0.05) is 29.7 Å². The number of fused-ring (bicyclic) bond motifs is 1. The Hall–Kier alpha value is -1.10. The van der Waals surface area contributed by atoms with Gasteiger partial charge in [0.2, 0.25) is 0 Å². The molecule has 5 heteroatoms. The summed E-state index contributed by atoms with van der Waals surface area (Å²) < 4.78 is 5.66. The van der Waals surface area contributed by atoms with Crippen LogP contribution in [-0.2, 0) is 19.3 Å². The maximum Gasteiger partial charge on any atom is 0.126 e. The van der Waals surface area contributed by atoms with Gasteiger partial charge in [0.25, 0.3) is 0 Å². The zero-order valence-corrected chi connectivity index (χ0v) is 12.8. The molecule has 2 heterocycles. The number of nitrogens with zero attached hydrogens (tertiary/aromatic N) is 1. The number of thiazole rings is 1. The van der Waals surface area contributed by atoms with Gasteiger partial charge >= 0.3 is 0 Å². The highest BCUT2D eigenvalue weighted by Crippen LogP contribution is 2.33. The van der Waals surface area contributed by atoms with Crippen molar-refractivity contribution in [2.24, 2.45) is 0 Å². The Kier molecular flexibility index (Phi) is 3.96. The van der Waals surface area contributed by atoms with E-state index in [2.05, 4.69) is 4.98 Å². The largest absolute Gasteiger partial charge is 0.493 e. The van der Waals surface area contributed by atoms with Crippen LogP contribution in [0.4, 0.5) is 0 Å². The number of rotatable bonds is 4. The fraction of sp³-hybridized carbons (Fsp3) is 0.400. The lowest BCUT2D eigenvalue weighted by Gasteiger charge is -2.13. The molecule has 2 aromatic rings. The van der Waals surface area contributed by atoms with Crippen LogP contribution < -0.4 is 4.74 Å². The monoisotopic (exact) mass is 309 g/mol. The van der Waals surface area contributed by atoms with Crippen molar-refractivity contribution in [3.8, 4) is 5.75 Å². The van der Waals surface area contributed by atoms with Crippen LogP contribution in [0.15, 0.2) is 17.5 Å². The first-order valence-corrected chi connectivity index (χ1v) is 7.91. The standard InChI is InChI=1S/C15H16ClNO2S/c1-9-17-13(8-20-9)7-14(18)6-11-5-12(16)4-10-2-3-19-15(10)11/h4-5,8,14,18H,2-3,6-7H2,1H3. The minimum absolute atomic E-state index is 0.469. The molecule has 1 aliphatic rings. The zero-order valence-electron chi connectivity index (χ0n) is 11.2. The lowest BCUT2D eigenvalue weighted by atomic mass is 10.0. The fourth-order valence-corrected chi connectivity index (χ4v) is 3.46. The van der Waals surface area contributed by atoms with Crippen LogP contribution in [0.5, 0.6) is 5.75 Å². The summed E-state index contributed by atoms with van der Waals surface area (Å²) >= 11 is 7.73. The van der Waals surface area contributed by atoms with Crippen molar-refractivity contribution in [1.29, 1.82) is 0 Å². The van der Waals surface area contributed by atoms with Crippen molar-refractivity contribution >= 4 is 22.9 Å². The molecule has 1 atom stereocenters. The second-order valence-electron chi connectivity index (χ2n) is 5.07. The SMILES string of the molecule is Cc1nc(CC(O)Cc2cc(Cl)cc3c2OCC3)cs1. The normalized spacial score (nSPS) is 14.9. The topological polar surface area (TPSA) is 42.4 Å². The van der Waals surface area contributed by atoms with Crippen LogP contribution in [0, 0.1) is 6.92 Å². The van der Waals surface area contributed by atoms with Crippen LogP contribution in [0.3, 0.4) is 0 Å². The summed E-state index contributed by atoms with van der Waals surface area (Å²) in [6.45, 7) is 2.67. The second-order valence-corrected chi connectivity index (χ2v) is 6.57. The molecule has 0 spiro atoms. The van der Waals surface area contributed by atoms with Gasteiger partial charge in [-0.1, -0.05) is 11.6 Å². The van der Waals surface area contributed by atoms with Crippen molar-refractivity contribution < 1.29 is 9.84 Å². The van der Waals surface area contributed by atoms with Gasteiger partial charge in [-0.2, -0.15) is 0 Å². The summed E-state index contributed by atoms with van der Waals surface area (Å²) in [6, 6.07) is 3.84. The summed E-state index contributed by atoms with van der Waals surface area (Å²) in [6.07, 6.45) is 1.53. The molecule has 106 valence electrons. The maximum absolute atomic E-state index is 10.3. The van der Waals surface area contributed by atoms with E-state index in [0.29, 0.717) is 24.5 Å².